The molecule has 0 aromatic carbocycles. The van der Waals surface area contributed by atoms with Crippen LogP contribution in [0.25, 0.3) is 0 Å². The summed E-state index contributed by atoms with van der Waals surface area (Å²) in [5.41, 5.74) is 0. The largest absolute Gasteiger partial charge is 0.481 e. The van der Waals surface area contributed by atoms with Crippen LogP contribution >= 0.6 is 0 Å². The van der Waals surface area contributed by atoms with E-state index in [4.69, 9.17) is 14.6 Å². The molecule has 0 unspecified atom stereocenters. The standard InChI is InChI=1S/C9H11NO3.C8H15NO2/c11-9(12)7-5-10-4-6(7)8-2-1-3-13-8;1-5(2)6-3-9-4-7(6)8(10)11/h1-3,6-7,10H,4-5H2,(H,11,12);5-7,9H,3-4H2,1-2H3,(H,10,11)/t6-,7-;6-,7+/m10/s1. The van der Waals surface area contributed by atoms with Crippen molar-refractivity contribution in [2.24, 2.45) is 23.7 Å². The quantitative estimate of drug-likeness (QED) is 0.653. The van der Waals surface area contributed by atoms with Crippen molar-refractivity contribution in [3.8, 4) is 0 Å². The Morgan fingerprint density at radius 1 is 1.08 bits per heavy atom. The van der Waals surface area contributed by atoms with E-state index in [1.807, 2.05) is 6.07 Å². The van der Waals surface area contributed by atoms with Crippen LogP contribution in [0.15, 0.2) is 22.8 Å². The molecular formula is C17H26N2O5. The van der Waals surface area contributed by atoms with Crippen molar-refractivity contribution in [1.29, 1.82) is 0 Å². The van der Waals surface area contributed by atoms with Crippen molar-refractivity contribution in [3.05, 3.63) is 24.2 Å². The first-order chi connectivity index (χ1) is 11.4. The van der Waals surface area contributed by atoms with E-state index in [1.54, 1.807) is 12.3 Å². The Labute approximate surface area is 141 Å². The van der Waals surface area contributed by atoms with Gasteiger partial charge in [-0.15, -0.1) is 0 Å². The molecule has 0 spiro atoms. The summed E-state index contributed by atoms with van der Waals surface area (Å²) in [6.45, 7) is 6.86. The lowest BCUT2D eigenvalue weighted by Gasteiger charge is -2.17. The number of carbonyl (C=O) groups is 2. The van der Waals surface area contributed by atoms with Crippen LogP contribution in [0, 0.1) is 23.7 Å². The molecule has 7 nitrogen and oxygen atoms in total. The number of nitrogens with one attached hydrogen (secondary N) is 2. The van der Waals surface area contributed by atoms with Crippen LogP contribution in [0.1, 0.15) is 25.5 Å². The SMILES string of the molecule is CC(C)[C@@H]1CNC[C@H]1C(=O)O.O=C(O)[C@@H]1CNC[C@H]1c1ccco1. The van der Waals surface area contributed by atoms with Crippen molar-refractivity contribution >= 4 is 11.9 Å². The average Bonchev–Trinajstić information content (AvgIpc) is 3.27. The molecule has 4 atom stereocenters. The second kappa shape index (κ2) is 8.30. The summed E-state index contributed by atoms with van der Waals surface area (Å²) in [5.74, 6) is -0.426. The minimum absolute atomic E-state index is 0.0208. The van der Waals surface area contributed by atoms with Crippen LogP contribution in [0.3, 0.4) is 0 Å². The van der Waals surface area contributed by atoms with Crippen LogP contribution in [0.2, 0.25) is 0 Å². The zero-order valence-corrected chi connectivity index (χ0v) is 14.1. The van der Waals surface area contributed by atoms with Gasteiger partial charge in [-0.2, -0.15) is 0 Å². The number of furan rings is 1. The van der Waals surface area contributed by atoms with Gasteiger partial charge in [0.2, 0.25) is 0 Å². The molecule has 7 heteroatoms. The minimum atomic E-state index is -0.758. The number of hydrogen-bond donors (Lipinski definition) is 4. The highest BCUT2D eigenvalue weighted by Gasteiger charge is 2.35. The predicted molar refractivity (Wildman–Crippen MR) is 87.8 cm³/mol. The number of carboxylic acid groups (broad SMARTS) is 2. The Kier molecular flexibility index (Phi) is 6.39. The number of rotatable bonds is 4. The third-order valence-electron chi connectivity index (χ3n) is 4.87. The molecule has 0 radical (unpaired) electrons. The first-order valence-corrected chi connectivity index (χ1v) is 8.32. The van der Waals surface area contributed by atoms with E-state index in [2.05, 4.69) is 24.5 Å². The molecular weight excluding hydrogens is 312 g/mol. The molecule has 0 aliphatic carbocycles. The molecule has 2 aliphatic heterocycles. The second-order valence-electron chi connectivity index (χ2n) is 6.74. The number of hydrogen-bond acceptors (Lipinski definition) is 5. The van der Waals surface area contributed by atoms with Gasteiger partial charge in [0, 0.05) is 25.6 Å². The zero-order chi connectivity index (χ0) is 17.7. The van der Waals surface area contributed by atoms with Crippen molar-refractivity contribution in [1.82, 2.24) is 10.6 Å². The van der Waals surface area contributed by atoms with Crippen LogP contribution in [0.4, 0.5) is 0 Å². The molecule has 1 aromatic heterocycles. The Morgan fingerprint density at radius 3 is 2.21 bits per heavy atom. The molecule has 0 bridgehead atoms. The highest BCUT2D eigenvalue weighted by Crippen LogP contribution is 2.28. The van der Waals surface area contributed by atoms with Crippen LogP contribution < -0.4 is 10.6 Å². The highest BCUT2D eigenvalue weighted by molar-refractivity contribution is 5.72. The third-order valence-corrected chi connectivity index (χ3v) is 4.87. The van der Waals surface area contributed by atoms with Gasteiger partial charge in [-0.25, -0.2) is 0 Å². The molecule has 134 valence electrons. The maximum Gasteiger partial charge on any atom is 0.308 e. The summed E-state index contributed by atoms with van der Waals surface area (Å²) >= 11 is 0. The predicted octanol–water partition coefficient (Wildman–Crippen LogP) is 1.23. The highest BCUT2D eigenvalue weighted by atomic mass is 16.4. The van der Waals surface area contributed by atoms with Gasteiger partial charge in [0.05, 0.1) is 18.1 Å². The molecule has 24 heavy (non-hydrogen) atoms. The van der Waals surface area contributed by atoms with Gasteiger partial charge in [-0.05, 0) is 30.5 Å². The zero-order valence-electron chi connectivity index (χ0n) is 14.1. The summed E-state index contributed by atoms with van der Waals surface area (Å²) in [5, 5.41) is 23.8. The van der Waals surface area contributed by atoms with E-state index < -0.39 is 11.9 Å². The van der Waals surface area contributed by atoms with Gasteiger partial charge in [0.1, 0.15) is 5.76 Å². The van der Waals surface area contributed by atoms with Crippen LogP contribution in [0.5, 0.6) is 0 Å². The third kappa shape index (κ3) is 4.36. The summed E-state index contributed by atoms with van der Waals surface area (Å²) in [7, 11) is 0. The minimum Gasteiger partial charge on any atom is -0.481 e. The van der Waals surface area contributed by atoms with Gasteiger partial charge < -0.3 is 25.3 Å². The molecule has 4 N–H and O–H groups in total. The van der Waals surface area contributed by atoms with Gasteiger partial charge in [-0.3, -0.25) is 9.59 Å². The molecule has 2 saturated heterocycles. The topological polar surface area (TPSA) is 112 Å². The van der Waals surface area contributed by atoms with Crippen LogP contribution in [-0.4, -0.2) is 48.3 Å². The Bertz CT molecular complexity index is 543. The van der Waals surface area contributed by atoms with Gasteiger partial charge in [0.25, 0.3) is 0 Å². The molecule has 3 rings (SSSR count). The normalized spacial score (nSPS) is 29.3. The molecule has 3 heterocycles. The Morgan fingerprint density at radius 2 is 1.71 bits per heavy atom. The summed E-state index contributed by atoms with van der Waals surface area (Å²) in [6.07, 6.45) is 1.58. The van der Waals surface area contributed by atoms with Gasteiger partial charge in [0.15, 0.2) is 0 Å². The van der Waals surface area contributed by atoms with Gasteiger partial charge in [-0.1, -0.05) is 13.8 Å². The van der Waals surface area contributed by atoms with E-state index in [-0.39, 0.29) is 17.8 Å². The molecule has 1 aromatic rings. The summed E-state index contributed by atoms with van der Waals surface area (Å²) in [4.78, 5) is 21.5. The fourth-order valence-corrected chi connectivity index (χ4v) is 3.41. The van der Waals surface area contributed by atoms with E-state index in [0.717, 1.165) is 12.3 Å². The molecule has 0 amide bonds. The summed E-state index contributed by atoms with van der Waals surface area (Å²) in [6, 6.07) is 3.61. The van der Waals surface area contributed by atoms with E-state index in [1.165, 1.54) is 0 Å². The van der Waals surface area contributed by atoms with Crippen molar-refractivity contribution in [3.63, 3.8) is 0 Å². The first-order valence-electron chi connectivity index (χ1n) is 8.32. The van der Waals surface area contributed by atoms with Crippen molar-refractivity contribution in [2.75, 3.05) is 26.2 Å². The lowest BCUT2D eigenvalue weighted by molar-refractivity contribution is -0.143. The van der Waals surface area contributed by atoms with Crippen LogP contribution in [-0.2, 0) is 9.59 Å². The summed E-state index contributed by atoms with van der Waals surface area (Å²) < 4.78 is 5.19. The lowest BCUT2D eigenvalue weighted by Crippen LogP contribution is -2.25. The smallest absolute Gasteiger partial charge is 0.308 e. The van der Waals surface area contributed by atoms with Crippen molar-refractivity contribution in [2.45, 2.75) is 19.8 Å². The average molecular weight is 338 g/mol. The first kappa shape index (κ1) is 18.5. The van der Waals surface area contributed by atoms with E-state index >= 15 is 0 Å². The molecule has 2 fully saturated rings. The molecule has 0 saturated carbocycles. The maximum atomic E-state index is 10.8. The fraction of sp³-hybridized carbons (Fsp3) is 0.647. The lowest BCUT2D eigenvalue weighted by atomic mass is 9.86. The number of carboxylic acids is 2. The second-order valence-corrected chi connectivity index (χ2v) is 6.74. The molecule has 2 aliphatic rings. The van der Waals surface area contributed by atoms with Gasteiger partial charge >= 0.3 is 11.9 Å². The van der Waals surface area contributed by atoms with Crippen molar-refractivity contribution < 1.29 is 24.2 Å². The van der Waals surface area contributed by atoms with E-state index in [0.29, 0.717) is 31.5 Å². The Hall–Kier alpha value is -1.86. The van der Waals surface area contributed by atoms with E-state index in [9.17, 15) is 9.59 Å². The maximum absolute atomic E-state index is 10.8. The Balaban J connectivity index is 0.000000177. The number of aliphatic carboxylic acids is 2. The fourth-order valence-electron chi connectivity index (χ4n) is 3.41. The monoisotopic (exact) mass is 338 g/mol.